The molecule has 3 rings (SSSR count). The minimum atomic E-state index is -0.435. The van der Waals surface area contributed by atoms with Gasteiger partial charge in [-0.15, -0.1) is 0 Å². The number of rotatable bonds is 5. The summed E-state index contributed by atoms with van der Waals surface area (Å²) in [5, 5.41) is 0. The second kappa shape index (κ2) is 9.23. The number of carbonyl (C=O) groups is 2. The molecule has 0 amide bonds. The zero-order valence-electron chi connectivity index (χ0n) is 17.2. The third kappa shape index (κ3) is 5.55. The standard InChI is InChI=1S/C26H23BrO3/c1-26(2,3)21-13-8-20(9-14-21)25(29)30-24-7-5-4-6-19(24)12-17-23(28)18-10-15-22(27)16-11-18/h4-17H,1-3H3. The van der Waals surface area contributed by atoms with E-state index >= 15 is 0 Å². The van der Waals surface area contributed by atoms with Crippen molar-refractivity contribution in [2.75, 3.05) is 0 Å². The summed E-state index contributed by atoms with van der Waals surface area (Å²) in [5.74, 6) is -0.154. The van der Waals surface area contributed by atoms with Crippen LogP contribution in [-0.4, -0.2) is 11.8 Å². The summed E-state index contributed by atoms with van der Waals surface area (Å²) in [6, 6.07) is 21.7. The zero-order chi connectivity index (χ0) is 21.7. The second-order valence-electron chi connectivity index (χ2n) is 7.96. The van der Waals surface area contributed by atoms with Crippen molar-refractivity contribution >= 4 is 33.8 Å². The average molecular weight is 463 g/mol. The Morgan fingerprint density at radius 1 is 0.833 bits per heavy atom. The molecule has 0 bridgehead atoms. The van der Waals surface area contributed by atoms with E-state index in [1.54, 1.807) is 48.5 Å². The average Bonchev–Trinajstić information content (AvgIpc) is 2.73. The summed E-state index contributed by atoms with van der Waals surface area (Å²) in [7, 11) is 0. The smallest absolute Gasteiger partial charge is 0.343 e. The molecule has 0 saturated heterocycles. The van der Waals surface area contributed by atoms with Gasteiger partial charge in [0.2, 0.25) is 0 Å². The molecule has 30 heavy (non-hydrogen) atoms. The highest BCUT2D eigenvalue weighted by Crippen LogP contribution is 2.24. The highest BCUT2D eigenvalue weighted by Gasteiger charge is 2.15. The van der Waals surface area contributed by atoms with Crippen molar-refractivity contribution in [1.82, 2.24) is 0 Å². The van der Waals surface area contributed by atoms with Gasteiger partial charge in [0.15, 0.2) is 5.78 Å². The molecule has 0 atom stereocenters. The molecule has 4 heteroatoms. The van der Waals surface area contributed by atoms with E-state index in [1.165, 1.54) is 6.08 Å². The molecule has 0 aliphatic heterocycles. The summed E-state index contributed by atoms with van der Waals surface area (Å²) < 4.78 is 6.52. The van der Waals surface area contributed by atoms with Crippen LogP contribution in [0.3, 0.4) is 0 Å². The highest BCUT2D eigenvalue weighted by atomic mass is 79.9. The lowest BCUT2D eigenvalue weighted by Crippen LogP contribution is -2.13. The Labute approximate surface area is 185 Å². The Morgan fingerprint density at radius 3 is 2.07 bits per heavy atom. The van der Waals surface area contributed by atoms with Gasteiger partial charge in [-0.05, 0) is 65.6 Å². The van der Waals surface area contributed by atoms with Crippen molar-refractivity contribution in [2.24, 2.45) is 0 Å². The van der Waals surface area contributed by atoms with Crippen molar-refractivity contribution in [3.8, 4) is 5.75 Å². The number of para-hydroxylation sites is 1. The fraction of sp³-hybridized carbons (Fsp3) is 0.154. The third-order valence-corrected chi connectivity index (χ3v) is 5.18. The van der Waals surface area contributed by atoms with Gasteiger partial charge in [0.1, 0.15) is 5.75 Å². The Kier molecular flexibility index (Phi) is 6.68. The van der Waals surface area contributed by atoms with Gasteiger partial charge in [0, 0.05) is 15.6 Å². The molecule has 3 aromatic carbocycles. The molecular formula is C26H23BrO3. The van der Waals surface area contributed by atoms with Gasteiger partial charge in [-0.2, -0.15) is 0 Å². The minimum absolute atomic E-state index is 0.0151. The molecule has 0 unspecified atom stereocenters. The van der Waals surface area contributed by atoms with Crippen LogP contribution in [0.5, 0.6) is 5.75 Å². The monoisotopic (exact) mass is 462 g/mol. The Hall–Kier alpha value is -2.98. The molecule has 0 aromatic heterocycles. The lowest BCUT2D eigenvalue weighted by molar-refractivity contribution is 0.0734. The van der Waals surface area contributed by atoms with Gasteiger partial charge in [-0.25, -0.2) is 4.79 Å². The van der Waals surface area contributed by atoms with E-state index in [-0.39, 0.29) is 11.2 Å². The van der Waals surface area contributed by atoms with Gasteiger partial charge in [0.25, 0.3) is 0 Å². The van der Waals surface area contributed by atoms with Gasteiger partial charge in [0.05, 0.1) is 5.56 Å². The van der Waals surface area contributed by atoms with Crippen LogP contribution in [0.2, 0.25) is 0 Å². The first-order valence-corrected chi connectivity index (χ1v) is 10.4. The summed E-state index contributed by atoms with van der Waals surface area (Å²) >= 11 is 3.36. The normalized spacial score (nSPS) is 11.5. The first-order valence-electron chi connectivity index (χ1n) is 9.64. The van der Waals surface area contributed by atoms with Crippen LogP contribution in [0.4, 0.5) is 0 Å². The van der Waals surface area contributed by atoms with Crippen LogP contribution in [-0.2, 0) is 5.41 Å². The summed E-state index contributed by atoms with van der Waals surface area (Å²) in [4.78, 5) is 25.0. The molecule has 0 spiro atoms. The molecule has 0 radical (unpaired) electrons. The lowest BCUT2D eigenvalue weighted by Gasteiger charge is -2.19. The minimum Gasteiger partial charge on any atom is -0.422 e. The number of esters is 1. The van der Waals surface area contributed by atoms with E-state index in [0.29, 0.717) is 22.4 Å². The maximum absolute atomic E-state index is 12.6. The molecule has 3 nitrogen and oxygen atoms in total. The van der Waals surface area contributed by atoms with Crippen LogP contribution in [0.25, 0.3) is 6.08 Å². The number of halogens is 1. The molecule has 0 N–H and O–H groups in total. The maximum Gasteiger partial charge on any atom is 0.343 e. The fourth-order valence-electron chi connectivity index (χ4n) is 2.85. The SMILES string of the molecule is CC(C)(C)c1ccc(C(=O)Oc2ccccc2C=CC(=O)c2ccc(Br)cc2)cc1. The third-order valence-electron chi connectivity index (χ3n) is 4.65. The molecule has 0 fully saturated rings. The number of allylic oxidation sites excluding steroid dienone is 1. The molecular weight excluding hydrogens is 440 g/mol. The molecule has 0 aliphatic rings. The lowest BCUT2D eigenvalue weighted by atomic mass is 9.87. The fourth-order valence-corrected chi connectivity index (χ4v) is 3.12. The highest BCUT2D eigenvalue weighted by molar-refractivity contribution is 9.10. The van der Waals surface area contributed by atoms with Crippen molar-refractivity contribution in [1.29, 1.82) is 0 Å². The largest absolute Gasteiger partial charge is 0.422 e. The number of benzene rings is 3. The van der Waals surface area contributed by atoms with Crippen molar-refractivity contribution in [2.45, 2.75) is 26.2 Å². The Balaban J connectivity index is 1.75. The zero-order valence-corrected chi connectivity index (χ0v) is 18.8. The summed E-state index contributed by atoms with van der Waals surface area (Å²) in [5.41, 5.74) is 2.88. The van der Waals surface area contributed by atoms with Gasteiger partial charge in [-0.1, -0.05) is 67.0 Å². The van der Waals surface area contributed by atoms with E-state index in [9.17, 15) is 9.59 Å². The number of carbonyl (C=O) groups excluding carboxylic acids is 2. The van der Waals surface area contributed by atoms with E-state index in [4.69, 9.17) is 4.74 Å². The van der Waals surface area contributed by atoms with Crippen LogP contribution in [0.1, 0.15) is 52.6 Å². The number of ether oxygens (including phenoxy) is 1. The van der Waals surface area contributed by atoms with E-state index in [2.05, 4.69) is 36.7 Å². The second-order valence-corrected chi connectivity index (χ2v) is 8.87. The van der Waals surface area contributed by atoms with E-state index < -0.39 is 5.97 Å². The quantitative estimate of drug-likeness (QED) is 0.180. The molecule has 3 aromatic rings. The van der Waals surface area contributed by atoms with E-state index in [0.717, 1.165) is 10.0 Å². The molecule has 0 saturated carbocycles. The maximum atomic E-state index is 12.6. The topological polar surface area (TPSA) is 43.4 Å². The first kappa shape index (κ1) is 21.7. The molecule has 152 valence electrons. The number of ketones is 1. The predicted octanol–water partition coefficient (Wildman–Crippen LogP) is 6.86. The Morgan fingerprint density at radius 2 is 1.43 bits per heavy atom. The van der Waals surface area contributed by atoms with Crippen LogP contribution >= 0.6 is 15.9 Å². The molecule has 0 heterocycles. The molecule has 0 aliphatic carbocycles. The predicted molar refractivity (Wildman–Crippen MR) is 124 cm³/mol. The summed E-state index contributed by atoms with van der Waals surface area (Å²) in [6.45, 7) is 6.37. The van der Waals surface area contributed by atoms with Crippen LogP contribution < -0.4 is 4.74 Å². The van der Waals surface area contributed by atoms with Crippen molar-refractivity contribution < 1.29 is 14.3 Å². The van der Waals surface area contributed by atoms with Gasteiger partial charge in [-0.3, -0.25) is 4.79 Å². The Bertz CT molecular complexity index is 1070. The number of hydrogen-bond acceptors (Lipinski definition) is 3. The van der Waals surface area contributed by atoms with Crippen LogP contribution in [0.15, 0.2) is 83.3 Å². The van der Waals surface area contributed by atoms with Gasteiger partial charge < -0.3 is 4.74 Å². The van der Waals surface area contributed by atoms with Crippen molar-refractivity contribution in [3.05, 3.63) is 106 Å². The van der Waals surface area contributed by atoms with Crippen molar-refractivity contribution in [3.63, 3.8) is 0 Å². The van der Waals surface area contributed by atoms with E-state index in [1.807, 2.05) is 30.3 Å². The van der Waals surface area contributed by atoms with Gasteiger partial charge >= 0.3 is 5.97 Å². The summed E-state index contributed by atoms with van der Waals surface area (Å²) in [6.07, 6.45) is 3.14. The van der Waals surface area contributed by atoms with Crippen LogP contribution in [0, 0.1) is 0 Å². The number of hydrogen-bond donors (Lipinski definition) is 0. The first-order chi connectivity index (χ1) is 14.2.